The maximum absolute atomic E-state index is 11.8. The number of pyridine rings is 2. The largest absolute Gasteiger partial charge is 0.306 e. The quantitative estimate of drug-likeness (QED) is 0.754. The maximum atomic E-state index is 11.8. The fourth-order valence-corrected chi connectivity index (χ4v) is 1.85. The Kier molecular flexibility index (Phi) is 3.70. The van der Waals surface area contributed by atoms with Crippen LogP contribution in [0.3, 0.4) is 0 Å². The predicted octanol–water partition coefficient (Wildman–Crippen LogP) is 2.75. The van der Waals surface area contributed by atoms with Crippen molar-refractivity contribution in [2.24, 2.45) is 0 Å². The van der Waals surface area contributed by atoms with E-state index in [4.69, 9.17) is 0 Å². The van der Waals surface area contributed by atoms with Gasteiger partial charge in [0.25, 0.3) is 5.56 Å². The van der Waals surface area contributed by atoms with Gasteiger partial charge in [0.1, 0.15) is 0 Å². The van der Waals surface area contributed by atoms with Crippen LogP contribution in [0.5, 0.6) is 0 Å². The molecule has 0 unspecified atom stereocenters. The van der Waals surface area contributed by atoms with Crippen LogP contribution in [0.4, 0.5) is 0 Å². The van der Waals surface area contributed by atoms with Crippen LogP contribution in [-0.4, -0.2) is 9.55 Å². The predicted molar refractivity (Wildman–Crippen MR) is 70.1 cm³/mol. The summed E-state index contributed by atoms with van der Waals surface area (Å²) in [6, 6.07) is 5.39. The molecule has 0 aliphatic carbocycles. The van der Waals surface area contributed by atoms with Gasteiger partial charge in [0.05, 0.1) is 11.7 Å². The van der Waals surface area contributed by atoms with Crippen molar-refractivity contribution in [3.05, 3.63) is 53.1 Å². The summed E-state index contributed by atoms with van der Waals surface area (Å²) < 4.78 is 1.78. The third-order valence-corrected chi connectivity index (χ3v) is 2.72. The Morgan fingerprint density at radius 2 is 2.18 bits per heavy atom. The normalized spacial score (nSPS) is 11.4. The molecule has 0 saturated heterocycles. The van der Waals surface area contributed by atoms with Gasteiger partial charge in [-0.25, -0.2) is 0 Å². The summed E-state index contributed by atoms with van der Waals surface area (Å²) >= 11 is 0. The van der Waals surface area contributed by atoms with Crippen molar-refractivity contribution in [2.75, 3.05) is 0 Å². The lowest BCUT2D eigenvalue weighted by atomic mass is 10.2. The molecule has 0 amide bonds. The molecule has 0 atom stereocenters. The molecule has 2 heterocycles. The van der Waals surface area contributed by atoms with Gasteiger partial charge in [0.2, 0.25) is 0 Å². The minimum atomic E-state index is 0.0374. The Hall–Kier alpha value is -1.90. The van der Waals surface area contributed by atoms with Crippen LogP contribution < -0.4 is 5.56 Å². The number of hydrogen-bond donors (Lipinski definition) is 0. The fraction of sp³-hybridized carbons (Fsp3) is 0.286. The number of rotatable bonds is 4. The van der Waals surface area contributed by atoms with Crippen molar-refractivity contribution < 1.29 is 0 Å². The summed E-state index contributed by atoms with van der Waals surface area (Å²) in [6.45, 7) is 2.81. The fourth-order valence-electron chi connectivity index (χ4n) is 1.85. The van der Waals surface area contributed by atoms with Crippen molar-refractivity contribution in [3.8, 4) is 0 Å². The van der Waals surface area contributed by atoms with E-state index < -0.39 is 0 Å². The topological polar surface area (TPSA) is 34.9 Å². The molecule has 3 nitrogen and oxygen atoms in total. The minimum absolute atomic E-state index is 0.0374. The lowest BCUT2D eigenvalue weighted by molar-refractivity contribution is 0.706. The second kappa shape index (κ2) is 5.43. The summed E-state index contributed by atoms with van der Waals surface area (Å²) in [5, 5.41) is 1.05. The third-order valence-electron chi connectivity index (χ3n) is 2.72. The van der Waals surface area contributed by atoms with Gasteiger partial charge in [-0.15, -0.1) is 0 Å². The standard InChI is InChI=1S/C14H16N2O/c1-2-3-4-5-10-16-13-11-15-9-8-12(13)6-7-14(16)17/h3-4,6-9,11H,2,5,10H2,1H3. The van der Waals surface area contributed by atoms with Crippen LogP contribution in [0.2, 0.25) is 0 Å². The number of nitrogens with zero attached hydrogens (tertiary/aromatic N) is 2. The van der Waals surface area contributed by atoms with Gasteiger partial charge in [-0.05, 0) is 25.0 Å². The molecule has 0 fully saturated rings. The van der Waals surface area contributed by atoms with Crippen molar-refractivity contribution in [1.29, 1.82) is 0 Å². The average Bonchev–Trinajstić information content (AvgIpc) is 2.37. The van der Waals surface area contributed by atoms with E-state index in [-0.39, 0.29) is 5.56 Å². The monoisotopic (exact) mass is 228 g/mol. The number of fused-ring (bicyclic) bond motifs is 1. The molecule has 0 bridgehead atoms. The summed E-state index contributed by atoms with van der Waals surface area (Å²) in [7, 11) is 0. The Morgan fingerprint density at radius 1 is 1.29 bits per heavy atom. The molecule has 88 valence electrons. The molecule has 2 aromatic heterocycles. The van der Waals surface area contributed by atoms with Crippen LogP contribution in [0, 0.1) is 0 Å². The lowest BCUT2D eigenvalue weighted by Gasteiger charge is -2.07. The molecule has 2 rings (SSSR count). The Morgan fingerprint density at radius 3 is 3.00 bits per heavy atom. The first-order chi connectivity index (χ1) is 8.33. The molecule has 0 aliphatic rings. The van der Waals surface area contributed by atoms with Crippen LogP contribution in [0.25, 0.3) is 10.9 Å². The van der Waals surface area contributed by atoms with Crippen LogP contribution in [0.1, 0.15) is 19.8 Å². The van der Waals surface area contributed by atoms with Crippen LogP contribution in [-0.2, 0) is 6.54 Å². The van der Waals surface area contributed by atoms with Crippen molar-refractivity contribution in [3.63, 3.8) is 0 Å². The first kappa shape index (κ1) is 11.6. The highest BCUT2D eigenvalue weighted by Gasteiger charge is 2.01. The van der Waals surface area contributed by atoms with Gasteiger partial charge in [-0.1, -0.05) is 19.1 Å². The molecule has 0 aliphatic heterocycles. The number of aromatic nitrogens is 2. The third kappa shape index (κ3) is 2.61. The molecule has 17 heavy (non-hydrogen) atoms. The molecular formula is C14H16N2O. The van der Waals surface area contributed by atoms with Crippen molar-refractivity contribution in [1.82, 2.24) is 9.55 Å². The van der Waals surface area contributed by atoms with Crippen molar-refractivity contribution in [2.45, 2.75) is 26.3 Å². The smallest absolute Gasteiger partial charge is 0.251 e. The van der Waals surface area contributed by atoms with Crippen molar-refractivity contribution >= 4 is 10.9 Å². The minimum Gasteiger partial charge on any atom is -0.306 e. The maximum Gasteiger partial charge on any atom is 0.251 e. The highest BCUT2D eigenvalue weighted by molar-refractivity contribution is 5.77. The SMILES string of the molecule is CCC=CCCn1c(=O)ccc2ccncc21. The van der Waals surface area contributed by atoms with E-state index in [2.05, 4.69) is 24.1 Å². The Balaban J connectivity index is 2.34. The molecular weight excluding hydrogens is 212 g/mol. The van der Waals surface area contributed by atoms with E-state index in [9.17, 15) is 4.79 Å². The summed E-state index contributed by atoms with van der Waals surface area (Å²) in [5.41, 5.74) is 0.945. The number of aryl methyl sites for hydroxylation is 1. The molecule has 0 aromatic carbocycles. The highest BCUT2D eigenvalue weighted by atomic mass is 16.1. The van der Waals surface area contributed by atoms with E-state index in [1.54, 1.807) is 23.0 Å². The van der Waals surface area contributed by atoms with Gasteiger partial charge in [0.15, 0.2) is 0 Å². The van der Waals surface area contributed by atoms with E-state index in [1.165, 1.54) is 0 Å². The molecule has 0 spiro atoms. The lowest BCUT2D eigenvalue weighted by Crippen LogP contribution is -2.19. The Labute approximate surface area is 100 Å². The summed E-state index contributed by atoms with van der Waals surface area (Å²) in [5.74, 6) is 0. The highest BCUT2D eigenvalue weighted by Crippen LogP contribution is 2.09. The zero-order valence-corrected chi connectivity index (χ0v) is 9.97. The van der Waals surface area contributed by atoms with E-state index >= 15 is 0 Å². The summed E-state index contributed by atoms with van der Waals surface area (Å²) in [4.78, 5) is 15.9. The van der Waals surface area contributed by atoms with Gasteiger partial charge < -0.3 is 4.57 Å². The molecule has 3 heteroatoms. The van der Waals surface area contributed by atoms with Crippen LogP contribution in [0.15, 0.2) is 47.5 Å². The molecule has 2 aromatic rings. The van der Waals surface area contributed by atoms with Gasteiger partial charge in [0, 0.05) is 24.2 Å². The first-order valence-corrected chi connectivity index (χ1v) is 5.91. The van der Waals surface area contributed by atoms with E-state index in [0.717, 1.165) is 23.7 Å². The second-order valence-corrected chi connectivity index (χ2v) is 3.93. The zero-order chi connectivity index (χ0) is 12.1. The first-order valence-electron chi connectivity index (χ1n) is 5.91. The van der Waals surface area contributed by atoms with E-state index in [0.29, 0.717) is 6.54 Å². The number of allylic oxidation sites excluding steroid dienone is 2. The van der Waals surface area contributed by atoms with Gasteiger partial charge >= 0.3 is 0 Å². The number of hydrogen-bond acceptors (Lipinski definition) is 2. The van der Waals surface area contributed by atoms with Gasteiger partial charge in [-0.3, -0.25) is 9.78 Å². The zero-order valence-electron chi connectivity index (χ0n) is 9.97. The molecule has 0 radical (unpaired) electrons. The molecule has 0 saturated carbocycles. The summed E-state index contributed by atoms with van der Waals surface area (Å²) in [6.07, 6.45) is 9.64. The van der Waals surface area contributed by atoms with Crippen LogP contribution >= 0.6 is 0 Å². The van der Waals surface area contributed by atoms with Gasteiger partial charge in [-0.2, -0.15) is 0 Å². The molecule has 0 N–H and O–H groups in total. The second-order valence-electron chi connectivity index (χ2n) is 3.93. The average molecular weight is 228 g/mol. The Bertz CT molecular complexity index is 584. The van der Waals surface area contributed by atoms with E-state index in [1.807, 2.05) is 12.1 Å².